The zero-order chi connectivity index (χ0) is 13.2. The molecule has 0 aromatic heterocycles. The molecule has 0 aliphatic heterocycles. The van der Waals surface area contributed by atoms with Gasteiger partial charge in [-0.05, 0) is 37.1 Å². The molecule has 1 aromatic carbocycles. The second-order valence-electron chi connectivity index (χ2n) is 4.12. The Hall–Kier alpha value is -1.34. The standard InChI is InChI=1S/C15H21NO2/c1-18-11-4-2-3-6-13-7-5-8-14(12-13)15(17)9-10-16/h5,7-8,12,15,17H,2,4,9-11,16H2,1H3. The van der Waals surface area contributed by atoms with Gasteiger partial charge in [-0.2, -0.15) is 0 Å². The fourth-order valence-electron chi connectivity index (χ4n) is 1.62. The highest BCUT2D eigenvalue weighted by Gasteiger charge is 2.05. The van der Waals surface area contributed by atoms with Gasteiger partial charge in [0.2, 0.25) is 0 Å². The molecule has 18 heavy (non-hydrogen) atoms. The number of unbranched alkanes of at least 4 members (excludes halogenated alkanes) is 1. The third-order valence-corrected chi connectivity index (χ3v) is 2.59. The zero-order valence-corrected chi connectivity index (χ0v) is 10.9. The number of hydrogen-bond donors (Lipinski definition) is 2. The first kappa shape index (κ1) is 14.7. The Balaban J connectivity index is 2.58. The maximum absolute atomic E-state index is 9.84. The smallest absolute Gasteiger partial charge is 0.0802 e. The highest BCUT2D eigenvalue weighted by atomic mass is 16.5. The first-order chi connectivity index (χ1) is 8.77. The number of ether oxygens (including phenoxy) is 1. The average molecular weight is 247 g/mol. The molecule has 3 nitrogen and oxygen atoms in total. The van der Waals surface area contributed by atoms with Crippen LogP contribution in [0.4, 0.5) is 0 Å². The van der Waals surface area contributed by atoms with Crippen molar-refractivity contribution in [2.45, 2.75) is 25.4 Å². The molecule has 3 heteroatoms. The van der Waals surface area contributed by atoms with Gasteiger partial charge in [-0.25, -0.2) is 0 Å². The van der Waals surface area contributed by atoms with Gasteiger partial charge in [-0.15, -0.1) is 0 Å². The third kappa shape index (κ3) is 5.33. The second-order valence-corrected chi connectivity index (χ2v) is 4.12. The van der Waals surface area contributed by atoms with E-state index < -0.39 is 6.10 Å². The summed E-state index contributed by atoms with van der Waals surface area (Å²) in [5.41, 5.74) is 7.24. The number of rotatable bonds is 6. The van der Waals surface area contributed by atoms with Crippen molar-refractivity contribution in [1.29, 1.82) is 0 Å². The minimum absolute atomic E-state index is 0.480. The summed E-state index contributed by atoms with van der Waals surface area (Å²) in [5.74, 6) is 6.19. The number of methoxy groups -OCH3 is 1. The quantitative estimate of drug-likeness (QED) is 0.596. The van der Waals surface area contributed by atoms with E-state index >= 15 is 0 Å². The van der Waals surface area contributed by atoms with E-state index in [1.54, 1.807) is 7.11 Å². The number of hydrogen-bond acceptors (Lipinski definition) is 3. The molecule has 0 amide bonds. The fourth-order valence-corrected chi connectivity index (χ4v) is 1.62. The van der Waals surface area contributed by atoms with Crippen LogP contribution in [0.5, 0.6) is 0 Å². The lowest BCUT2D eigenvalue weighted by Crippen LogP contribution is -2.06. The highest BCUT2D eigenvalue weighted by molar-refractivity contribution is 5.37. The molecule has 1 aromatic rings. The highest BCUT2D eigenvalue weighted by Crippen LogP contribution is 2.16. The second kappa shape index (κ2) is 8.71. The van der Waals surface area contributed by atoms with E-state index in [1.165, 1.54) is 0 Å². The van der Waals surface area contributed by atoms with Gasteiger partial charge in [0, 0.05) is 25.7 Å². The van der Waals surface area contributed by atoms with Crippen LogP contribution in [0.1, 0.15) is 36.5 Å². The van der Waals surface area contributed by atoms with Gasteiger partial charge in [-0.1, -0.05) is 24.0 Å². The fraction of sp³-hybridized carbons (Fsp3) is 0.467. The summed E-state index contributed by atoms with van der Waals surface area (Å²) < 4.78 is 4.96. The van der Waals surface area contributed by atoms with E-state index in [9.17, 15) is 5.11 Å². The van der Waals surface area contributed by atoms with Gasteiger partial charge in [-0.3, -0.25) is 0 Å². The molecule has 0 radical (unpaired) electrons. The number of aliphatic hydroxyl groups is 1. The van der Waals surface area contributed by atoms with Crippen LogP contribution in [0.25, 0.3) is 0 Å². The Morgan fingerprint density at radius 3 is 3.00 bits per heavy atom. The van der Waals surface area contributed by atoms with E-state index in [-0.39, 0.29) is 0 Å². The van der Waals surface area contributed by atoms with Crippen LogP contribution >= 0.6 is 0 Å². The topological polar surface area (TPSA) is 55.5 Å². The molecule has 0 saturated carbocycles. The predicted octanol–water partition coefficient (Wildman–Crippen LogP) is 1.85. The molecule has 98 valence electrons. The predicted molar refractivity (Wildman–Crippen MR) is 73.1 cm³/mol. The summed E-state index contributed by atoms with van der Waals surface area (Å²) >= 11 is 0. The molecule has 1 unspecified atom stereocenters. The summed E-state index contributed by atoms with van der Waals surface area (Å²) in [5, 5.41) is 9.84. The summed E-state index contributed by atoms with van der Waals surface area (Å²) in [6.45, 7) is 1.22. The molecular weight excluding hydrogens is 226 g/mol. The van der Waals surface area contributed by atoms with Crippen LogP contribution in [-0.4, -0.2) is 25.4 Å². The Morgan fingerprint density at radius 2 is 2.28 bits per heavy atom. The summed E-state index contributed by atoms with van der Waals surface area (Å²) in [6, 6.07) is 7.68. The van der Waals surface area contributed by atoms with Crippen molar-refractivity contribution < 1.29 is 9.84 Å². The summed E-state index contributed by atoms with van der Waals surface area (Å²) in [7, 11) is 1.69. The minimum Gasteiger partial charge on any atom is -0.388 e. The summed E-state index contributed by atoms with van der Waals surface area (Å²) in [6.07, 6.45) is 1.85. The molecular formula is C15H21NO2. The molecule has 1 atom stereocenters. The number of aliphatic hydroxyl groups excluding tert-OH is 1. The number of nitrogens with two attached hydrogens (primary N) is 1. The van der Waals surface area contributed by atoms with Crippen molar-refractivity contribution >= 4 is 0 Å². The molecule has 3 N–H and O–H groups in total. The third-order valence-electron chi connectivity index (χ3n) is 2.59. The van der Waals surface area contributed by atoms with Crippen LogP contribution in [0.2, 0.25) is 0 Å². The zero-order valence-electron chi connectivity index (χ0n) is 10.9. The Bertz CT molecular complexity index is 406. The van der Waals surface area contributed by atoms with Gasteiger partial charge in [0.25, 0.3) is 0 Å². The van der Waals surface area contributed by atoms with Crippen molar-refractivity contribution in [3.63, 3.8) is 0 Å². The maximum atomic E-state index is 9.84. The lowest BCUT2D eigenvalue weighted by atomic mass is 10.0. The molecule has 0 saturated heterocycles. The van der Waals surface area contributed by atoms with E-state index in [0.29, 0.717) is 13.0 Å². The van der Waals surface area contributed by atoms with Crippen molar-refractivity contribution in [2.24, 2.45) is 5.73 Å². The molecule has 0 bridgehead atoms. The Morgan fingerprint density at radius 1 is 1.44 bits per heavy atom. The van der Waals surface area contributed by atoms with Crippen molar-refractivity contribution in [3.05, 3.63) is 35.4 Å². The first-order valence-corrected chi connectivity index (χ1v) is 6.24. The van der Waals surface area contributed by atoms with E-state index in [1.807, 2.05) is 24.3 Å². The van der Waals surface area contributed by atoms with Crippen molar-refractivity contribution in [3.8, 4) is 11.8 Å². The lowest BCUT2D eigenvalue weighted by Gasteiger charge is -2.09. The molecule has 1 rings (SSSR count). The maximum Gasteiger partial charge on any atom is 0.0802 e. The van der Waals surface area contributed by atoms with E-state index in [2.05, 4.69) is 11.8 Å². The molecule has 0 aliphatic carbocycles. The average Bonchev–Trinajstić information content (AvgIpc) is 2.39. The minimum atomic E-state index is -0.495. The van der Waals surface area contributed by atoms with Gasteiger partial charge in [0.05, 0.1) is 6.10 Å². The normalized spacial score (nSPS) is 11.7. The van der Waals surface area contributed by atoms with Crippen LogP contribution in [-0.2, 0) is 4.74 Å². The SMILES string of the molecule is COCCCC#Cc1cccc(C(O)CCN)c1. The molecule has 0 heterocycles. The van der Waals surface area contributed by atoms with Gasteiger partial charge < -0.3 is 15.6 Å². The Labute approximate surface area is 109 Å². The first-order valence-electron chi connectivity index (χ1n) is 6.24. The largest absolute Gasteiger partial charge is 0.388 e. The monoisotopic (exact) mass is 247 g/mol. The van der Waals surface area contributed by atoms with Crippen LogP contribution in [0.15, 0.2) is 24.3 Å². The van der Waals surface area contributed by atoms with Gasteiger partial charge in [0.1, 0.15) is 0 Å². The van der Waals surface area contributed by atoms with Gasteiger partial charge >= 0.3 is 0 Å². The molecule has 0 fully saturated rings. The molecule has 0 spiro atoms. The van der Waals surface area contributed by atoms with Gasteiger partial charge in [0.15, 0.2) is 0 Å². The van der Waals surface area contributed by atoms with Crippen LogP contribution in [0.3, 0.4) is 0 Å². The number of benzene rings is 1. The van der Waals surface area contributed by atoms with E-state index in [0.717, 1.165) is 30.6 Å². The summed E-state index contributed by atoms with van der Waals surface area (Å²) in [4.78, 5) is 0. The van der Waals surface area contributed by atoms with Crippen LogP contribution in [0, 0.1) is 11.8 Å². The lowest BCUT2D eigenvalue weighted by molar-refractivity contribution is 0.170. The van der Waals surface area contributed by atoms with Crippen LogP contribution < -0.4 is 5.73 Å². The Kier molecular flexibility index (Phi) is 7.12. The van der Waals surface area contributed by atoms with E-state index in [4.69, 9.17) is 10.5 Å². The van der Waals surface area contributed by atoms with Crippen molar-refractivity contribution in [1.82, 2.24) is 0 Å². The molecule has 0 aliphatic rings. The van der Waals surface area contributed by atoms with Crippen molar-refractivity contribution in [2.75, 3.05) is 20.3 Å².